The van der Waals surface area contributed by atoms with Crippen LogP contribution >= 0.6 is 0 Å². The first-order valence-corrected chi connectivity index (χ1v) is 9.19. The average molecular weight is 405 g/mol. The Hall–Kier alpha value is -3.10. The molecule has 1 atom stereocenters. The van der Waals surface area contributed by atoms with E-state index in [1.165, 1.54) is 6.07 Å². The van der Waals surface area contributed by atoms with Gasteiger partial charge in [0.2, 0.25) is 0 Å². The van der Waals surface area contributed by atoms with E-state index in [4.69, 9.17) is 4.74 Å². The first-order valence-electron chi connectivity index (χ1n) is 9.19. The highest BCUT2D eigenvalue weighted by molar-refractivity contribution is 5.95. The zero-order valence-electron chi connectivity index (χ0n) is 15.4. The van der Waals surface area contributed by atoms with E-state index in [9.17, 15) is 22.8 Å². The number of anilines is 1. The molecule has 0 N–H and O–H groups in total. The third-order valence-corrected chi connectivity index (χ3v) is 5.16. The summed E-state index contributed by atoms with van der Waals surface area (Å²) in [7, 11) is 0. The maximum Gasteiger partial charge on any atom is 0.417 e. The molecule has 9 heteroatoms. The summed E-state index contributed by atoms with van der Waals surface area (Å²) < 4.78 is 43.3. The van der Waals surface area contributed by atoms with E-state index in [0.717, 1.165) is 17.8 Å². The number of fused-ring (bicyclic) bond motifs is 1. The molecule has 0 aliphatic carbocycles. The van der Waals surface area contributed by atoms with Crippen molar-refractivity contribution in [3.63, 3.8) is 0 Å². The molecular weight excluding hydrogens is 387 g/mol. The van der Waals surface area contributed by atoms with Crippen LogP contribution in [0.5, 0.6) is 0 Å². The lowest BCUT2D eigenvalue weighted by Gasteiger charge is -2.37. The van der Waals surface area contributed by atoms with Crippen LogP contribution in [0.1, 0.15) is 21.5 Å². The molecule has 3 heterocycles. The van der Waals surface area contributed by atoms with Gasteiger partial charge in [0.25, 0.3) is 5.91 Å². The number of hydrogen-bond acceptors (Lipinski definition) is 5. The summed E-state index contributed by atoms with van der Waals surface area (Å²) in [6.45, 7) is 1.61. The van der Waals surface area contributed by atoms with Gasteiger partial charge in [-0.05, 0) is 23.8 Å². The second kappa shape index (κ2) is 7.38. The second-order valence-corrected chi connectivity index (χ2v) is 6.97. The van der Waals surface area contributed by atoms with E-state index < -0.39 is 23.8 Å². The fourth-order valence-electron chi connectivity index (χ4n) is 3.57. The van der Waals surface area contributed by atoms with Gasteiger partial charge in [0, 0.05) is 38.8 Å². The van der Waals surface area contributed by atoms with Crippen LogP contribution in [0, 0.1) is 0 Å². The van der Waals surface area contributed by atoms with Crippen molar-refractivity contribution < 1.29 is 27.5 Å². The van der Waals surface area contributed by atoms with Gasteiger partial charge in [-0.1, -0.05) is 18.2 Å². The van der Waals surface area contributed by atoms with Crippen LogP contribution in [0.2, 0.25) is 0 Å². The molecule has 1 aromatic heterocycles. The number of cyclic esters (lactones) is 1. The number of amides is 1. The summed E-state index contributed by atoms with van der Waals surface area (Å²) in [6, 6.07) is 9.38. The second-order valence-electron chi connectivity index (χ2n) is 6.97. The topological polar surface area (TPSA) is 62.7 Å². The number of alkyl halides is 3. The van der Waals surface area contributed by atoms with E-state index in [2.05, 4.69) is 4.98 Å². The molecule has 1 unspecified atom stereocenters. The molecule has 0 saturated carbocycles. The molecule has 0 bridgehead atoms. The number of carbonyl (C=O) groups excluding carboxylic acids is 2. The van der Waals surface area contributed by atoms with E-state index in [1.54, 1.807) is 17.0 Å². The maximum absolute atomic E-state index is 12.8. The summed E-state index contributed by atoms with van der Waals surface area (Å²) >= 11 is 0. The van der Waals surface area contributed by atoms with Crippen LogP contribution < -0.4 is 4.90 Å². The number of esters is 1. The van der Waals surface area contributed by atoms with E-state index in [-0.39, 0.29) is 5.91 Å². The molecule has 2 aliphatic rings. The van der Waals surface area contributed by atoms with Gasteiger partial charge in [-0.15, -0.1) is 0 Å². The average Bonchev–Trinajstić information content (AvgIpc) is 2.73. The van der Waals surface area contributed by atoms with Crippen LogP contribution in [-0.2, 0) is 22.1 Å². The third-order valence-electron chi connectivity index (χ3n) is 5.16. The Bertz CT molecular complexity index is 923. The van der Waals surface area contributed by atoms with E-state index >= 15 is 0 Å². The van der Waals surface area contributed by atoms with Crippen LogP contribution in [0.15, 0.2) is 42.6 Å². The van der Waals surface area contributed by atoms with Gasteiger partial charge >= 0.3 is 12.1 Å². The highest BCUT2D eigenvalue weighted by Gasteiger charge is 2.35. The number of nitrogens with zero attached hydrogens (tertiary/aromatic N) is 3. The van der Waals surface area contributed by atoms with Crippen molar-refractivity contribution in [2.24, 2.45) is 0 Å². The molecule has 1 fully saturated rings. The Morgan fingerprint density at radius 1 is 1.07 bits per heavy atom. The fourth-order valence-corrected chi connectivity index (χ4v) is 3.57. The van der Waals surface area contributed by atoms with Crippen molar-refractivity contribution in [1.82, 2.24) is 9.88 Å². The van der Waals surface area contributed by atoms with Crippen molar-refractivity contribution >= 4 is 17.7 Å². The summed E-state index contributed by atoms with van der Waals surface area (Å²) in [6.07, 6.45) is -4.13. The number of carbonyl (C=O) groups is 2. The minimum atomic E-state index is -4.42. The van der Waals surface area contributed by atoms with Crippen LogP contribution in [0.3, 0.4) is 0 Å². The van der Waals surface area contributed by atoms with E-state index in [0.29, 0.717) is 44.0 Å². The van der Waals surface area contributed by atoms with Gasteiger partial charge in [-0.2, -0.15) is 13.2 Å². The molecule has 1 amide bonds. The molecule has 6 nitrogen and oxygen atoms in total. The Labute approximate surface area is 164 Å². The summed E-state index contributed by atoms with van der Waals surface area (Å²) in [4.78, 5) is 32.3. The molecule has 1 saturated heterocycles. The summed E-state index contributed by atoms with van der Waals surface area (Å²) in [5.41, 5.74) is 0.471. The largest absolute Gasteiger partial charge is 0.448 e. The Balaban J connectivity index is 1.37. The predicted molar refractivity (Wildman–Crippen MR) is 97.4 cm³/mol. The number of benzene rings is 1. The Morgan fingerprint density at radius 2 is 1.79 bits per heavy atom. The minimum Gasteiger partial charge on any atom is -0.448 e. The van der Waals surface area contributed by atoms with Crippen molar-refractivity contribution in [3.8, 4) is 0 Å². The monoisotopic (exact) mass is 405 g/mol. The molecule has 2 aromatic rings. The lowest BCUT2D eigenvalue weighted by molar-refractivity contribution is -0.141. The van der Waals surface area contributed by atoms with Gasteiger partial charge in [0.1, 0.15) is 5.82 Å². The normalized spacial score (nSPS) is 19.6. The Morgan fingerprint density at radius 3 is 2.45 bits per heavy atom. The SMILES string of the molecule is O=C1OC(C(=O)N2CCN(c3ccc(C(F)(F)F)cn3)CC2)Cc2ccccc21. The number of rotatable bonds is 2. The molecule has 0 spiro atoms. The van der Waals surface area contributed by atoms with Crippen LogP contribution in [-0.4, -0.2) is 54.0 Å². The number of pyridine rings is 1. The van der Waals surface area contributed by atoms with Gasteiger partial charge < -0.3 is 14.5 Å². The molecular formula is C20H18F3N3O3. The van der Waals surface area contributed by atoms with Gasteiger partial charge in [0.05, 0.1) is 11.1 Å². The quantitative estimate of drug-likeness (QED) is 0.719. The standard InChI is InChI=1S/C20H18F3N3O3/c21-20(22,23)14-5-6-17(24-12-14)25-7-9-26(10-8-25)18(27)16-11-13-3-1-2-4-15(13)19(28)29-16/h1-6,12,16H,7-11H2. The van der Waals surface area contributed by atoms with Gasteiger partial charge in [0.15, 0.2) is 6.10 Å². The molecule has 29 heavy (non-hydrogen) atoms. The zero-order chi connectivity index (χ0) is 20.6. The van der Waals surface area contributed by atoms with Gasteiger partial charge in [-0.3, -0.25) is 4.79 Å². The molecule has 1 aromatic carbocycles. The van der Waals surface area contributed by atoms with Crippen molar-refractivity contribution in [2.45, 2.75) is 18.7 Å². The fraction of sp³-hybridized carbons (Fsp3) is 0.350. The number of hydrogen-bond donors (Lipinski definition) is 0. The molecule has 152 valence electrons. The molecule has 4 rings (SSSR count). The van der Waals surface area contributed by atoms with Crippen LogP contribution in [0.25, 0.3) is 0 Å². The van der Waals surface area contributed by atoms with Crippen molar-refractivity contribution in [2.75, 3.05) is 31.1 Å². The summed E-state index contributed by atoms with van der Waals surface area (Å²) in [5, 5.41) is 0. The molecule has 2 aliphatic heterocycles. The lowest BCUT2D eigenvalue weighted by atomic mass is 9.98. The zero-order valence-corrected chi connectivity index (χ0v) is 15.4. The number of piperazine rings is 1. The third kappa shape index (κ3) is 3.90. The van der Waals surface area contributed by atoms with Crippen molar-refractivity contribution in [3.05, 3.63) is 59.3 Å². The van der Waals surface area contributed by atoms with Crippen LogP contribution in [0.4, 0.5) is 19.0 Å². The first-order chi connectivity index (χ1) is 13.8. The Kier molecular flexibility index (Phi) is 4.89. The number of ether oxygens (including phenoxy) is 1. The van der Waals surface area contributed by atoms with Gasteiger partial charge in [-0.25, -0.2) is 9.78 Å². The highest BCUT2D eigenvalue weighted by atomic mass is 19.4. The number of halogens is 3. The molecule has 0 radical (unpaired) electrons. The summed E-state index contributed by atoms with van der Waals surface area (Å²) in [5.74, 6) is -0.325. The smallest absolute Gasteiger partial charge is 0.417 e. The highest BCUT2D eigenvalue weighted by Crippen LogP contribution is 2.29. The van der Waals surface area contributed by atoms with Crippen molar-refractivity contribution in [1.29, 1.82) is 0 Å². The minimum absolute atomic E-state index is 0.257. The first kappa shape index (κ1) is 19.2. The predicted octanol–water partition coefficient (Wildman–Crippen LogP) is 2.53. The number of aromatic nitrogens is 1. The maximum atomic E-state index is 12.8. The lowest BCUT2D eigenvalue weighted by Crippen LogP contribution is -2.53. The van der Waals surface area contributed by atoms with E-state index in [1.807, 2.05) is 17.0 Å².